The maximum atomic E-state index is 10.0. The number of phenolic OH excluding ortho intramolecular Hbond substituents is 2. The van der Waals surface area contributed by atoms with Gasteiger partial charge in [-0.05, 0) is 37.8 Å². The Balaban J connectivity index is 2.42. The minimum Gasteiger partial charge on any atom is -0.504 e. The molecule has 1 aromatic rings. The van der Waals surface area contributed by atoms with Crippen molar-refractivity contribution in [1.82, 2.24) is 0 Å². The third-order valence-electron chi connectivity index (χ3n) is 5.03. The monoisotopic (exact) mass is 364 g/mol. The fraction of sp³-hybridized carbons (Fsp3) is 0.739. The van der Waals surface area contributed by atoms with Crippen LogP contribution in [-0.2, 0) is 0 Å². The lowest BCUT2D eigenvalue weighted by atomic mass is 10.0. The van der Waals surface area contributed by atoms with Gasteiger partial charge in [0.25, 0.3) is 0 Å². The average molecular weight is 365 g/mol. The van der Waals surface area contributed by atoms with Crippen molar-refractivity contribution in [3.8, 4) is 17.2 Å². The lowest BCUT2D eigenvalue weighted by molar-refractivity contribution is 0.165. The molecule has 2 N–H and O–H groups in total. The van der Waals surface area contributed by atoms with E-state index in [0.717, 1.165) is 12.8 Å². The molecule has 1 aromatic carbocycles. The van der Waals surface area contributed by atoms with Crippen molar-refractivity contribution in [2.45, 2.75) is 110 Å². The van der Waals surface area contributed by atoms with E-state index in [4.69, 9.17) is 4.74 Å². The number of unbranched alkanes of at least 4 members (excludes halogenated alkanes) is 10. The first kappa shape index (κ1) is 22.7. The van der Waals surface area contributed by atoms with Crippen molar-refractivity contribution in [2.24, 2.45) is 0 Å². The summed E-state index contributed by atoms with van der Waals surface area (Å²) in [4.78, 5) is 0. The molecule has 0 atom stereocenters. The Morgan fingerprint density at radius 1 is 0.731 bits per heavy atom. The predicted octanol–water partition coefficient (Wildman–Crippen LogP) is 7.35. The van der Waals surface area contributed by atoms with Crippen LogP contribution in [0, 0.1) is 0 Å². The van der Waals surface area contributed by atoms with Crippen LogP contribution in [0.3, 0.4) is 0 Å². The smallest absolute Gasteiger partial charge is 0.200 e. The van der Waals surface area contributed by atoms with Crippen LogP contribution in [0.25, 0.3) is 0 Å². The number of hydrogen-bond donors (Lipinski definition) is 2. The second-order valence-corrected chi connectivity index (χ2v) is 7.48. The molecule has 0 aliphatic carbocycles. The van der Waals surface area contributed by atoms with E-state index in [-0.39, 0.29) is 17.6 Å². The van der Waals surface area contributed by atoms with Crippen LogP contribution in [0.5, 0.6) is 17.2 Å². The fourth-order valence-corrected chi connectivity index (χ4v) is 3.35. The summed E-state index contributed by atoms with van der Waals surface area (Å²) in [5.41, 5.74) is 0. The predicted molar refractivity (Wildman–Crippen MR) is 110 cm³/mol. The first-order valence-electron chi connectivity index (χ1n) is 10.9. The highest BCUT2D eigenvalue weighted by molar-refractivity contribution is 5.48. The molecule has 150 valence electrons. The molecule has 0 radical (unpaired) electrons. The Kier molecular flexibility index (Phi) is 12.9. The number of rotatable bonds is 16. The highest BCUT2D eigenvalue weighted by Crippen LogP contribution is 2.36. The fourth-order valence-electron chi connectivity index (χ4n) is 3.35. The highest BCUT2D eigenvalue weighted by atomic mass is 16.5. The molecule has 0 bridgehead atoms. The van der Waals surface area contributed by atoms with Gasteiger partial charge in [0.1, 0.15) is 0 Å². The number of benzene rings is 1. The molecule has 1 rings (SSSR count). The van der Waals surface area contributed by atoms with E-state index in [0.29, 0.717) is 5.75 Å². The van der Waals surface area contributed by atoms with Crippen molar-refractivity contribution in [2.75, 3.05) is 0 Å². The normalized spacial score (nSPS) is 11.2. The molecule has 0 heterocycles. The van der Waals surface area contributed by atoms with Crippen LogP contribution in [0.4, 0.5) is 0 Å². The Morgan fingerprint density at radius 2 is 1.23 bits per heavy atom. The molecule has 0 aromatic heterocycles. The summed E-state index contributed by atoms with van der Waals surface area (Å²) in [7, 11) is 0. The topological polar surface area (TPSA) is 49.7 Å². The molecular weight excluding hydrogens is 324 g/mol. The largest absolute Gasteiger partial charge is 0.504 e. The SMILES string of the molecule is CCCCCCCCC(CCCCCCCC)Oc1cccc(O)c1O. The number of para-hydroxylation sites is 1. The number of hydrogen-bond acceptors (Lipinski definition) is 3. The van der Waals surface area contributed by atoms with Gasteiger partial charge in [-0.1, -0.05) is 84.1 Å². The van der Waals surface area contributed by atoms with E-state index in [1.165, 1.54) is 83.1 Å². The van der Waals surface area contributed by atoms with Crippen LogP contribution < -0.4 is 4.74 Å². The van der Waals surface area contributed by atoms with Crippen LogP contribution in [0.2, 0.25) is 0 Å². The van der Waals surface area contributed by atoms with E-state index in [2.05, 4.69) is 13.8 Å². The Hall–Kier alpha value is -1.38. The lowest BCUT2D eigenvalue weighted by Crippen LogP contribution is -2.16. The Morgan fingerprint density at radius 3 is 1.77 bits per heavy atom. The molecule has 0 spiro atoms. The van der Waals surface area contributed by atoms with Gasteiger partial charge in [-0.3, -0.25) is 0 Å². The van der Waals surface area contributed by atoms with Gasteiger partial charge in [-0.25, -0.2) is 0 Å². The molecule has 26 heavy (non-hydrogen) atoms. The van der Waals surface area contributed by atoms with Gasteiger partial charge < -0.3 is 14.9 Å². The van der Waals surface area contributed by atoms with E-state index >= 15 is 0 Å². The van der Waals surface area contributed by atoms with Crippen LogP contribution in [0.15, 0.2) is 18.2 Å². The number of ether oxygens (including phenoxy) is 1. The Labute approximate surface area is 160 Å². The number of aromatic hydroxyl groups is 2. The minimum atomic E-state index is -0.136. The van der Waals surface area contributed by atoms with Gasteiger partial charge in [0.15, 0.2) is 11.5 Å². The van der Waals surface area contributed by atoms with Gasteiger partial charge in [-0.15, -0.1) is 0 Å². The van der Waals surface area contributed by atoms with Crippen molar-refractivity contribution in [3.05, 3.63) is 18.2 Å². The zero-order valence-corrected chi connectivity index (χ0v) is 17.0. The van der Waals surface area contributed by atoms with E-state index < -0.39 is 0 Å². The van der Waals surface area contributed by atoms with E-state index in [1.807, 2.05) is 0 Å². The van der Waals surface area contributed by atoms with E-state index in [1.54, 1.807) is 12.1 Å². The standard InChI is InChI=1S/C23H40O3/c1-3-5-7-9-11-13-16-20(17-14-12-10-8-6-4-2)26-22-19-15-18-21(24)23(22)25/h15,18-20,24-25H,3-14,16-17H2,1-2H3. The third kappa shape index (κ3) is 9.94. The van der Waals surface area contributed by atoms with Gasteiger partial charge in [-0.2, -0.15) is 0 Å². The maximum Gasteiger partial charge on any atom is 0.200 e. The van der Waals surface area contributed by atoms with Crippen molar-refractivity contribution < 1.29 is 14.9 Å². The molecule has 0 saturated heterocycles. The van der Waals surface area contributed by atoms with Crippen molar-refractivity contribution >= 4 is 0 Å². The van der Waals surface area contributed by atoms with Crippen LogP contribution >= 0.6 is 0 Å². The molecule has 0 saturated carbocycles. The molecule has 3 heteroatoms. The average Bonchev–Trinajstić information content (AvgIpc) is 2.64. The molecule has 0 aliphatic heterocycles. The number of phenols is 2. The van der Waals surface area contributed by atoms with Crippen molar-refractivity contribution in [3.63, 3.8) is 0 Å². The first-order chi connectivity index (χ1) is 12.7. The Bertz CT molecular complexity index is 443. The summed E-state index contributed by atoms with van der Waals surface area (Å²) in [6.45, 7) is 4.48. The quantitative estimate of drug-likeness (QED) is 0.238. The summed E-state index contributed by atoms with van der Waals surface area (Å²) < 4.78 is 6.07. The second kappa shape index (κ2) is 14.8. The molecular formula is C23H40O3. The van der Waals surface area contributed by atoms with Gasteiger partial charge in [0.2, 0.25) is 5.75 Å². The summed E-state index contributed by atoms with van der Waals surface area (Å²) >= 11 is 0. The zero-order valence-electron chi connectivity index (χ0n) is 17.0. The zero-order chi connectivity index (χ0) is 19.0. The highest BCUT2D eigenvalue weighted by Gasteiger charge is 2.14. The van der Waals surface area contributed by atoms with E-state index in [9.17, 15) is 10.2 Å². The third-order valence-corrected chi connectivity index (χ3v) is 5.03. The van der Waals surface area contributed by atoms with Crippen LogP contribution in [-0.4, -0.2) is 16.3 Å². The lowest BCUT2D eigenvalue weighted by Gasteiger charge is -2.20. The van der Waals surface area contributed by atoms with Gasteiger partial charge in [0.05, 0.1) is 6.10 Å². The molecule has 0 amide bonds. The summed E-state index contributed by atoms with van der Waals surface area (Å²) in [6.07, 6.45) is 17.5. The van der Waals surface area contributed by atoms with Gasteiger partial charge >= 0.3 is 0 Å². The minimum absolute atomic E-state index is 0.111. The summed E-state index contributed by atoms with van der Waals surface area (Å²) in [5.74, 6) is 0.163. The summed E-state index contributed by atoms with van der Waals surface area (Å²) in [5, 5.41) is 19.7. The van der Waals surface area contributed by atoms with Crippen molar-refractivity contribution in [1.29, 1.82) is 0 Å². The molecule has 0 fully saturated rings. The first-order valence-corrected chi connectivity index (χ1v) is 10.9. The second-order valence-electron chi connectivity index (χ2n) is 7.48. The van der Waals surface area contributed by atoms with Gasteiger partial charge in [0, 0.05) is 0 Å². The maximum absolute atomic E-state index is 10.0. The molecule has 0 unspecified atom stereocenters. The van der Waals surface area contributed by atoms with Crippen LogP contribution in [0.1, 0.15) is 104 Å². The molecule has 3 nitrogen and oxygen atoms in total. The molecule has 0 aliphatic rings. The summed E-state index contributed by atoms with van der Waals surface area (Å²) in [6, 6.07) is 4.94.